The van der Waals surface area contributed by atoms with Gasteiger partial charge in [-0.25, -0.2) is 4.57 Å². The molecule has 0 aromatic carbocycles. The first-order valence-electron chi connectivity index (χ1n) is 21.7. The zero-order valence-electron chi connectivity index (χ0n) is 33.5. The fourth-order valence-electron chi connectivity index (χ4n) is 6.48. The van der Waals surface area contributed by atoms with Crippen molar-refractivity contribution in [2.75, 3.05) is 26.2 Å². The highest BCUT2D eigenvalue weighted by Gasteiger charge is 2.27. The first kappa shape index (κ1) is 50.0. The maximum Gasteiger partial charge on any atom is 0.472 e. The van der Waals surface area contributed by atoms with Crippen molar-refractivity contribution in [2.45, 2.75) is 225 Å². The third-order valence-electron chi connectivity index (χ3n) is 9.72. The summed E-state index contributed by atoms with van der Waals surface area (Å²) in [6.07, 6.45) is 38.0. The molecule has 0 bridgehead atoms. The lowest BCUT2D eigenvalue weighted by molar-refractivity contribution is -0.121. The molecule has 51 heavy (non-hydrogen) atoms. The van der Waals surface area contributed by atoms with E-state index in [4.69, 9.17) is 14.8 Å². The van der Waals surface area contributed by atoms with Crippen molar-refractivity contribution in [2.24, 2.45) is 5.73 Å². The van der Waals surface area contributed by atoms with Gasteiger partial charge < -0.3 is 21.3 Å². The molecule has 0 rings (SSSR count). The Labute approximate surface area is 315 Å². The molecule has 10 heteroatoms. The molecule has 9 nitrogen and oxygen atoms in total. The SMILES string of the molecule is CCCCCCCCCCCCCCCCCC(=O)NCC(CNC(=O)CCCCCCCCCCCCCCCCC)OP(=O)(O)OCCN. The minimum absolute atomic E-state index is 0.00729. The molecule has 2 amide bonds. The maximum absolute atomic E-state index is 12.5. The van der Waals surface area contributed by atoms with Crippen LogP contribution in [0.3, 0.4) is 0 Å². The fourth-order valence-corrected chi connectivity index (χ4v) is 7.40. The molecule has 0 aromatic heterocycles. The van der Waals surface area contributed by atoms with Crippen molar-refractivity contribution < 1.29 is 28.1 Å². The number of phosphoric ester groups is 1. The number of unbranched alkanes of at least 4 members (excludes halogenated alkanes) is 28. The van der Waals surface area contributed by atoms with Gasteiger partial charge in [-0.2, -0.15) is 0 Å². The standard InChI is InChI=1S/C41H84N3O6P/c1-3-5-7-9-11-13-15-17-19-21-23-25-27-29-31-33-40(45)43-37-39(50-51(47,48)49-36-35-42)38-44-41(46)34-32-30-28-26-24-22-20-18-16-14-12-10-8-6-4-2/h39H,3-38,42H2,1-2H3,(H,43,45)(H,44,46)(H,47,48). The highest BCUT2D eigenvalue weighted by Crippen LogP contribution is 2.44. The number of hydrogen-bond acceptors (Lipinski definition) is 6. The second-order valence-corrected chi connectivity index (χ2v) is 16.2. The van der Waals surface area contributed by atoms with E-state index in [0.29, 0.717) is 12.8 Å². The summed E-state index contributed by atoms with van der Waals surface area (Å²) >= 11 is 0. The summed E-state index contributed by atoms with van der Waals surface area (Å²) in [5, 5.41) is 5.61. The zero-order valence-corrected chi connectivity index (χ0v) is 34.4. The molecule has 0 radical (unpaired) electrons. The van der Waals surface area contributed by atoms with Crippen LogP contribution in [0.4, 0.5) is 0 Å². The van der Waals surface area contributed by atoms with Crippen LogP contribution in [0.1, 0.15) is 219 Å². The van der Waals surface area contributed by atoms with Crippen LogP contribution < -0.4 is 16.4 Å². The van der Waals surface area contributed by atoms with Crippen LogP contribution in [0.2, 0.25) is 0 Å². The van der Waals surface area contributed by atoms with Crippen LogP contribution in [0.25, 0.3) is 0 Å². The monoisotopic (exact) mass is 746 g/mol. The smallest absolute Gasteiger partial charge is 0.353 e. The van der Waals surface area contributed by atoms with Crippen LogP contribution >= 0.6 is 7.82 Å². The molecule has 5 N–H and O–H groups in total. The largest absolute Gasteiger partial charge is 0.472 e. The van der Waals surface area contributed by atoms with Crippen LogP contribution in [-0.4, -0.2) is 49.1 Å². The second-order valence-electron chi connectivity index (χ2n) is 14.8. The van der Waals surface area contributed by atoms with E-state index in [9.17, 15) is 19.0 Å². The fraction of sp³-hybridized carbons (Fsp3) is 0.951. The van der Waals surface area contributed by atoms with E-state index in [1.165, 1.54) is 154 Å². The van der Waals surface area contributed by atoms with E-state index in [1.54, 1.807) is 0 Å². The lowest BCUT2D eigenvalue weighted by Gasteiger charge is -2.21. The summed E-state index contributed by atoms with van der Waals surface area (Å²) in [5.74, 6) is -0.254. The van der Waals surface area contributed by atoms with Crippen molar-refractivity contribution in [1.29, 1.82) is 0 Å². The van der Waals surface area contributed by atoms with E-state index in [2.05, 4.69) is 24.5 Å². The molecule has 0 aliphatic rings. The molecule has 1 atom stereocenters. The van der Waals surface area contributed by atoms with Gasteiger partial charge in [-0.3, -0.25) is 18.6 Å². The zero-order chi connectivity index (χ0) is 37.5. The Morgan fingerprint density at radius 2 is 0.804 bits per heavy atom. The minimum Gasteiger partial charge on any atom is -0.353 e. The van der Waals surface area contributed by atoms with E-state index in [1.807, 2.05) is 0 Å². The van der Waals surface area contributed by atoms with Gasteiger partial charge in [0.1, 0.15) is 6.10 Å². The molecule has 1 unspecified atom stereocenters. The van der Waals surface area contributed by atoms with Crippen molar-refractivity contribution in [3.8, 4) is 0 Å². The first-order chi connectivity index (χ1) is 24.8. The number of hydrogen-bond donors (Lipinski definition) is 4. The predicted molar refractivity (Wildman–Crippen MR) is 215 cm³/mol. The van der Waals surface area contributed by atoms with Gasteiger partial charge in [0, 0.05) is 32.5 Å². The molecular weight excluding hydrogens is 661 g/mol. The van der Waals surface area contributed by atoms with Crippen LogP contribution in [0.15, 0.2) is 0 Å². The number of rotatable bonds is 41. The molecule has 0 fully saturated rings. The van der Waals surface area contributed by atoms with Crippen molar-refractivity contribution in [3.05, 3.63) is 0 Å². The molecule has 0 heterocycles. The molecule has 0 aliphatic carbocycles. The highest BCUT2D eigenvalue weighted by molar-refractivity contribution is 7.47. The number of nitrogens with one attached hydrogen (secondary N) is 2. The molecule has 304 valence electrons. The summed E-state index contributed by atoms with van der Waals surface area (Å²) in [6.45, 7) is 4.49. The third-order valence-corrected chi connectivity index (χ3v) is 10.8. The number of phosphoric acid groups is 1. The molecule has 0 saturated heterocycles. The van der Waals surface area contributed by atoms with Crippen molar-refractivity contribution >= 4 is 19.6 Å². The van der Waals surface area contributed by atoms with Gasteiger partial charge in [0.15, 0.2) is 0 Å². The van der Waals surface area contributed by atoms with Gasteiger partial charge in [0.05, 0.1) is 6.61 Å². The predicted octanol–water partition coefficient (Wildman–Crippen LogP) is 11.2. The number of nitrogens with two attached hydrogens (primary N) is 1. The Balaban J connectivity index is 4.05. The number of carbonyl (C=O) groups is 2. The summed E-state index contributed by atoms with van der Waals surface area (Å²) in [7, 11) is -4.37. The maximum atomic E-state index is 12.5. The summed E-state index contributed by atoms with van der Waals surface area (Å²) in [6, 6.07) is 0. The first-order valence-corrected chi connectivity index (χ1v) is 23.2. The van der Waals surface area contributed by atoms with Crippen LogP contribution in [0.5, 0.6) is 0 Å². The quantitative estimate of drug-likeness (QED) is 0.0361. The lowest BCUT2D eigenvalue weighted by Crippen LogP contribution is -2.41. The normalized spacial score (nSPS) is 12.7. The molecule has 0 spiro atoms. The van der Waals surface area contributed by atoms with E-state index >= 15 is 0 Å². The van der Waals surface area contributed by atoms with Crippen LogP contribution in [-0.2, 0) is 23.2 Å². The van der Waals surface area contributed by atoms with Gasteiger partial charge >= 0.3 is 7.82 Å². The second kappa shape index (κ2) is 38.7. The third kappa shape index (κ3) is 38.5. The Kier molecular flexibility index (Phi) is 38.0. The number of carbonyl (C=O) groups excluding carboxylic acids is 2. The molecular formula is C41H84N3O6P. The van der Waals surface area contributed by atoms with Gasteiger partial charge in [0.2, 0.25) is 11.8 Å². The van der Waals surface area contributed by atoms with Gasteiger partial charge in [-0.05, 0) is 12.8 Å². The van der Waals surface area contributed by atoms with Gasteiger partial charge in [0.25, 0.3) is 0 Å². The van der Waals surface area contributed by atoms with E-state index < -0.39 is 13.9 Å². The average molecular weight is 746 g/mol. The van der Waals surface area contributed by atoms with E-state index in [-0.39, 0.29) is 38.1 Å². The average Bonchev–Trinajstić information content (AvgIpc) is 3.11. The molecule has 0 saturated carbocycles. The molecule has 0 aromatic rings. The van der Waals surface area contributed by atoms with Crippen molar-refractivity contribution in [3.63, 3.8) is 0 Å². The summed E-state index contributed by atoms with van der Waals surface area (Å²) in [5.41, 5.74) is 5.40. The topological polar surface area (TPSA) is 140 Å². The van der Waals surface area contributed by atoms with E-state index in [0.717, 1.165) is 38.5 Å². The lowest BCUT2D eigenvalue weighted by atomic mass is 10.0. The van der Waals surface area contributed by atoms with Crippen molar-refractivity contribution in [1.82, 2.24) is 10.6 Å². The Hall–Kier alpha value is -0.990. The Morgan fingerprint density at radius 3 is 1.08 bits per heavy atom. The Morgan fingerprint density at radius 1 is 0.529 bits per heavy atom. The minimum atomic E-state index is -4.37. The summed E-state index contributed by atoms with van der Waals surface area (Å²) in [4.78, 5) is 35.1. The summed E-state index contributed by atoms with van der Waals surface area (Å²) < 4.78 is 22.5. The van der Waals surface area contributed by atoms with Gasteiger partial charge in [-0.1, -0.05) is 194 Å². The van der Waals surface area contributed by atoms with Gasteiger partial charge in [-0.15, -0.1) is 0 Å². The Bertz CT molecular complexity index is 768. The van der Waals surface area contributed by atoms with Crippen LogP contribution in [0, 0.1) is 0 Å². The highest BCUT2D eigenvalue weighted by atomic mass is 31.2. The number of amides is 2. The molecule has 0 aliphatic heterocycles.